The van der Waals surface area contributed by atoms with Crippen LogP contribution in [0.15, 0.2) is 52.5 Å². The summed E-state index contributed by atoms with van der Waals surface area (Å²) in [6.07, 6.45) is 1.62. The van der Waals surface area contributed by atoms with Crippen LogP contribution in [0.1, 0.15) is 11.3 Å². The van der Waals surface area contributed by atoms with E-state index in [0.717, 1.165) is 15.8 Å². The molecule has 0 saturated carbocycles. The fraction of sp³-hybridized carbons (Fsp3) is 0.105. The Balaban J connectivity index is 1.40. The van der Waals surface area contributed by atoms with Crippen LogP contribution in [0, 0.1) is 17.0 Å². The van der Waals surface area contributed by atoms with Crippen molar-refractivity contribution < 1.29 is 14.1 Å². The average Bonchev–Trinajstić information content (AvgIpc) is 3.44. The van der Waals surface area contributed by atoms with Crippen LogP contribution in [0.4, 0.5) is 5.69 Å². The van der Waals surface area contributed by atoms with E-state index < -0.39 is 4.92 Å². The van der Waals surface area contributed by atoms with Crippen molar-refractivity contribution in [1.82, 2.24) is 19.6 Å². The van der Waals surface area contributed by atoms with Crippen molar-refractivity contribution >= 4 is 32.9 Å². The molecule has 29 heavy (non-hydrogen) atoms. The van der Waals surface area contributed by atoms with Gasteiger partial charge >= 0.3 is 5.69 Å². The van der Waals surface area contributed by atoms with Gasteiger partial charge in [-0.1, -0.05) is 6.07 Å². The second-order valence-electron chi connectivity index (χ2n) is 6.37. The number of hydrogen-bond acceptors (Lipinski definition) is 8. The number of ether oxygens (including phenoxy) is 1. The van der Waals surface area contributed by atoms with Gasteiger partial charge in [0, 0.05) is 6.07 Å². The van der Waals surface area contributed by atoms with Crippen LogP contribution in [0.5, 0.6) is 5.75 Å². The van der Waals surface area contributed by atoms with Gasteiger partial charge < -0.3 is 9.15 Å². The molecule has 0 aliphatic rings. The summed E-state index contributed by atoms with van der Waals surface area (Å²) in [5.74, 6) is 1.61. The molecule has 9 nitrogen and oxygen atoms in total. The molecule has 4 aromatic heterocycles. The number of fused-ring (bicyclic) bond motifs is 3. The zero-order valence-electron chi connectivity index (χ0n) is 15.1. The summed E-state index contributed by atoms with van der Waals surface area (Å²) in [5, 5.41) is 18.5. The maximum atomic E-state index is 11.2. The molecule has 144 valence electrons. The van der Waals surface area contributed by atoms with E-state index in [1.807, 2.05) is 11.4 Å². The Bertz CT molecular complexity index is 1370. The highest BCUT2D eigenvalue weighted by atomic mass is 32.1. The molecule has 0 N–H and O–H groups in total. The van der Waals surface area contributed by atoms with Gasteiger partial charge in [0.2, 0.25) is 5.82 Å². The van der Waals surface area contributed by atoms with Crippen molar-refractivity contribution in [1.29, 1.82) is 0 Å². The lowest BCUT2D eigenvalue weighted by Crippen LogP contribution is -1.98. The van der Waals surface area contributed by atoms with E-state index in [4.69, 9.17) is 9.15 Å². The minimum atomic E-state index is -0.463. The summed E-state index contributed by atoms with van der Waals surface area (Å²) in [4.78, 5) is 20.5. The molecule has 0 unspecified atom stereocenters. The molecule has 0 spiro atoms. The lowest BCUT2D eigenvalue weighted by Gasteiger charge is -2.05. The molecular formula is C19H13N5O4S. The van der Waals surface area contributed by atoms with Crippen molar-refractivity contribution in [3.05, 3.63) is 69.5 Å². The first-order chi connectivity index (χ1) is 14.1. The van der Waals surface area contributed by atoms with Gasteiger partial charge in [-0.05, 0) is 42.1 Å². The lowest BCUT2D eigenvalue weighted by molar-refractivity contribution is -0.386. The fourth-order valence-corrected chi connectivity index (χ4v) is 3.71. The Kier molecular flexibility index (Phi) is 3.98. The number of furan rings is 1. The van der Waals surface area contributed by atoms with Crippen molar-refractivity contribution in [3.63, 3.8) is 0 Å². The number of hydrogen-bond donors (Lipinski definition) is 0. The van der Waals surface area contributed by atoms with Crippen LogP contribution in [0.2, 0.25) is 0 Å². The van der Waals surface area contributed by atoms with Gasteiger partial charge in [0.1, 0.15) is 23.5 Å². The Morgan fingerprint density at radius 1 is 1.28 bits per heavy atom. The molecular weight excluding hydrogens is 394 g/mol. The van der Waals surface area contributed by atoms with Gasteiger partial charge in [-0.15, -0.1) is 16.4 Å². The third-order valence-corrected chi connectivity index (χ3v) is 5.19. The van der Waals surface area contributed by atoms with Gasteiger partial charge in [-0.3, -0.25) is 10.1 Å². The molecule has 10 heteroatoms. The van der Waals surface area contributed by atoms with Crippen LogP contribution in [0.3, 0.4) is 0 Å². The summed E-state index contributed by atoms with van der Waals surface area (Å²) < 4.78 is 13.0. The summed E-state index contributed by atoms with van der Waals surface area (Å²) in [5.41, 5.74) is 1.42. The van der Waals surface area contributed by atoms with Gasteiger partial charge in [0.05, 0.1) is 10.3 Å². The van der Waals surface area contributed by atoms with E-state index in [1.54, 1.807) is 42.0 Å². The summed E-state index contributed by atoms with van der Waals surface area (Å²) >= 11 is 1.54. The smallest absolute Gasteiger partial charge is 0.311 e. The van der Waals surface area contributed by atoms with Crippen molar-refractivity contribution in [2.45, 2.75) is 13.5 Å². The number of nitrogens with zero attached hydrogens (tertiary/aromatic N) is 5. The van der Waals surface area contributed by atoms with Crippen LogP contribution < -0.4 is 4.74 Å². The number of rotatable bonds is 5. The lowest BCUT2D eigenvalue weighted by atomic mass is 10.2. The quantitative estimate of drug-likeness (QED) is 0.314. The van der Waals surface area contributed by atoms with Crippen LogP contribution >= 0.6 is 11.3 Å². The number of nitro groups is 1. The molecule has 0 fully saturated rings. The molecule has 5 aromatic rings. The molecule has 0 amide bonds. The third-order valence-electron chi connectivity index (χ3n) is 4.36. The van der Waals surface area contributed by atoms with Crippen LogP contribution in [-0.2, 0) is 6.61 Å². The zero-order valence-corrected chi connectivity index (χ0v) is 15.9. The second-order valence-corrected chi connectivity index (χ2v) is 7.27. The van der Waals surface area contributed by atoms with Gasteiger partial charge in [-0.25, -0.2) is 14.5 Å². The first kappa shape index (κ1) is 17.3. The summed E-state index contributed by atoms with van der Waals surface area (Å²) in [6.45, 7) is 1.84. The normalized spacial score (nSPS) is 11.3. The molecule has 0 bridgehead atoms. The minimum absolute atomic E-state index is 0.0492. The molecule has 1 aromatic carbocycles. The van der Waals surface area contributed by atoms with Crippen molar-refractivity contribution in [2.75, 3.05) is 0 Å². The number of nitro benzene ring substituents is 1. The second kappa shape index (κ2) is 6.67. The van der Waals surface area contributed by atoms with E-state index in [0.29, 0.717) is 23.0 Å². The highest BCUT2D eigenvalue weighted by Crippen LogP contribution is 2.29. The predicted octanol–water partition coefficient (Wildman–Crippen LogP) is 4.39. The highest BCUT2D eigenvalue weighted by molar-refractivity contribution is 7.16. The highest BCUT2D eigenvalue weighted by Gasteiger charge is 2.17. The van der Waals surface area contributed by atoms with Crippen molar-refractivity contribution in [2.24, 2.45) is 0 Å². The van der Waals surface area contributed by atoms with Gasteiger partial charge in [-0.2, -0.15) is 0 Å². The maximum absolute atomic E-state index is 11.2. The monoisotopic (exact) mass is 407 g/mol. The Labute approximate surface area is 167 Å². The summed E-state index contributed by atoms with van der Waals surface area (Å²) in [6, 6.07) is 10.3. The van der Waals surface area contributed by atoms with Crippen molar-refractivity contribution in [3.8, 4) is 17.3 Å². The molecule has 0 saturated heterocycles. The SMILES string of the molecule is Cc1ccc(OCc2ccc(-c3nc4c5ccsc5ncn4n3)o2)c([N+](=O)[O-])c1. The Hall–Kier alpha value is -3.79. The number of benzene rings is 1. The fourth-order valence-electron chi connectivity index (χ4n) is 2.99. The average molecular weight is 407 g/mol. The number of aromatic nitrogens is 4. The number of aryl methyl sites for hydroxylation is 1. The standard InChI is InChI=1S/C19H13N5O4S/c1-11-2-4-15(14(8-11)24(25)26)27-9-12-3-5-16(28-12)17-21-18-13-6-7-29-19(13)20-10-23(18)22-17/h2-8,10H,9H2,1H3. The van der Waals surface area contributed by atoms with Gasteiger partial charge in [0.25, 0.3) is 0 Å². The Morgan fingerprint density at radius 2 is 2.17 bits per heavy atom. The minimum Gasteiger partial charge on any atom is -0.479 e. The molecule has 4 heterocycles. The molecule has 0 aliphatic heterocycles. The zero-order chi connectivity index (χ0) is 20.0. The van der Waals surface area contributed by atoms with E-state index in [9.17, 15) is 10.1 Å². The van der Waals surface area contributed by atoms with E-state index >= 15 is 0 Å². The van der Waals surface area contributed by atoms with E-state index in [2.05, 4.69) is 15.1 Å². The first-order valence-electron chi connectivity index (χ1n) is 8.64. The molecule has 0 radical (unpaired) electrons. The Morgan fingerprint density at radius 3 is 3.03 bits per heavy atom. The molecule has 5 rings (SSSR count). The first-order valence-corrected chi connectivity index (χ1v) is 9.52. The third kappa shape index (κ3) is 3.09. The maximum Gasteiger partial charge on any atom is 0.311 e. The topological polar surface area (TPSA) is 109 Å². The molecule has 0 aliphatic carbocycles. The van der Waals surface area contributed by atoms with Gasteiger partial charge in [0.15, 0.2) is 17.2 Å². The largest absolute Gasteiger partial charge is 0.479 e. The van der Waals surface area contributed by atoms with E-state index in [-0.39, 0.29) is 18.0 Å². The van der Waals surface area contributed by atoms with Crippen LogP contribution in [0.25, 0.3) is 27.4 Å². The van der Waals surface area contributed by atoms with E-state index in [1.165, 1.54) is 17.4 Å². The molecule has 0 atom stereocenters. The number of thiophene rings is 1. The summed E-state index contributed by atoms with van der Waals surface area (Å²) in [7, 11) is 0. The van der Waals surface area contributed by atoms with Crippen LogP contribution in [-0.4, -0.2) is 24.5 Å². The predicted molar refractivity (Wildman–Crippen MR) is 106 cm³/mol.